The van der Waals surface area contributed by atoms with Crippen molar-refractivity contribution in [3.63, 3.8) is 0 Å². The lowest BCUT2D eigenvalue weighted by Crippen LogP contribution is -2.28. The lowest BCUT2D eigenvalue weighted by Gasteiger charge is -2.08. The van der Waals surface area contributed by atoms with Crippen molar-refractivity contribution in [2.45, 2.75) is 20.4 Å². The Bertz CT molecular complexity index is 843. The van der Waals surface area contributed by atoms with Crippen molar-refractivity contribution < 1.29 is 4.79 Å². The predicted molar refractivity (Wildman–Crippen MR) is 90.9 cm³/mol. The van der Waals surface area contributed by atoms with Crippen LogP contribution < -0.4 is 10.6 Å². The summed E-state index contributed by atoms with van der Waals surface area (Å²) in [6.07, 6.45) is 5.14. The number of carbonyl (C=O) groups excluding carboxylic acids is 1. The molecule has 7 heteroatoms. The average Bonchev–Trinajstić information content (AvgIpc) is 3.06. The Morgan fingerprint density at radius 2 is 1.92 bits per heavy atom. The van der Waals surface area contributed by atoms with Crippen molar-refractivity contribution in [2.75, 3.05) is 5.32 Å². The van der Waals surface area contributed by atoms with Crippen molar-refractivity contribution in [1.29, 1.82) is 0 Å². The summed E-state index contributed by atoms with van der Waals surface area (Å²) < 4.78 is 1.64. The van der Waals surface area contributed by atoms with Gasteiger partial charge in [0.15, 0.2) is 0 Å². The first-order valence-electron chi connectivity index (χ1n) is 7.55. The molecule has 3 rings (SSSR count). The summed E-state index contributed by atoms with van der Waals surface area (Å²) in [6, 6.07) is 9.18. The molecule has 2 N–H and O–H groups in total. The first-order valence-corrected chi connectivity index (χ1v) is 7.55. The van der Waals surface area contributed by atoms with Crippen LogP contribution in [-0.4, -0.2) is 26.0 Å². The largest absolute Gasteiger partial charge is 0.332 e. The van der Waals surface area contributed by atoms with Crippen molar-refractivity contribution >= 4 is 11.7 Å². The van der Waals surface area contributed by atoms with Crippen LogP contribution in [0.3, 0.4) is 0 Å². The number of urea groups is 1. The smallest absolute Gasteiger partial charge is 0.319 e. The third kappa shape index (κ3) is 3.75. The SMILES string of the molecule is Cc1ccc(NC(=O)NCc2cn(-c3ccncc3)nn2)cc1C. The lowest BCUT2D eigenvalue weighted by molar-refractivity contribution is 0.251. The van der Waals surface area contributed by atoms with E-state index >= 15 is 0 Å². The van der Waals surface area contributed by atoms with Gasteiger partial charge in [0.1, 0.15) is 5.69 Å². The number of aryl methyl sites for hydroxylation is 2. The van der Waals surface area contributed by atoms with Gasteiger partial charge in [0.25, 0.3) is 0 Å². The zero-order chi connectivity index (χ0) is 16.9. The third-order valence-corrected chi connectivity index (χ3v) is 3.66. The maximum atomic E-state index is 12.0. The Balaban J connectivity index is 1.56. The van der Waals surface area contributed by atoms with E-state index in [-0.39, 0.29) is 6.03 Å². The molecule has 0 bridgehead atoms. The van der Waals surface area contributed by atoms with Crippen LogP contribution in [0.2, 0.25) is 0 Å². The molecule has 0 fully saturated rings. The van der Waals surface area contributed by atoms with Gasteiger partial charge >= 0.3 is 6.03 Å². The van der Waals surface area contributed by atoms with Gasteiger partial charge in [0.05, 0.1) is 18.4 Å². The summed E-state index contributed by atoms with van der Waals surface area (Å²) in [5.74, 6) is 0. The standard InChI is InChI=1S/C17H18N6O/c1-12-3-4-14(9-13(12)2)20-17(24)19-10-15-11-23(22-21-15)16-5-7-18-8-6-16/h3-9,11H,10H2,1-2H3,(H2,19,20,24). The summed E-state index contributed by atoms with van der Waals surface area (Å²) in [5, 5.41) is 13.7. The highest BCUT2D eigenvalue weighted by Gasteiger charge is 2.06. The highest BCUT2D eigenvalue weighted by molar-refractivity contribution is 5.89. The fraction of sp³-hybridized carbons (Fsp3) is 0.176. The van der Waals surface area contributed by atoms with Crippen LogP contribution in [0.25, 0.3) is 5.69 Å². The van der Waals surface area contributed by atoms with Crippen LogP contribution in [0.5, 0.6) is 0 Å². The lowest BCUT2D eigenvalue weighted by atomic mass is 10.1. The van der Waals surface area contributed by atoms with E-state index in [1.54, 1.807) is 23.3 Å². The van der Waals surface area contributed by atoms with E-state index in [2.05, 4.69) is 25.9 Å². The Morgan fingerprint density at radius 3 is 2.67 bits per heavy atom. The summed E-state index contributed by atoms with van der Waals surface area (Å²) >= 11 is 0. The average molecular weight is 322 g/mol. The van der Waals surface area contributed by atoms with Crippen LogP contribution in [0.1, 0.15) is 16.8 Å². The number of benzene rings is 1. The highest BCUT2D eigenvalue weighted by atomic mass is 16.2. The van der Waals surface area contributed by atoms with E-state index in [1.807, 2.05) is 44.2 Å². The van der Waals surface area contributed by atoms with E-state index in [0.29, 0.717) is 12.2 Å². The number of carbonyl (C=O) groups is 1. The van der Waals surface area contributed by atoms with Gasteiger partial charge in [-0.3, -0.25) is 4.98 Å². The van der Waals surface area contributed by atoms with E-state index < -0.39 is 0 Å². The topological polar surface area (TPSA) is 84.7 Å². The number of hydrogen-bond acceptors (Lipinski definition) is 4. The zero-order valence-corrected chi connectivity index (χ0v) is 13.5. The molecule has 0 saturated heterocycles. The van der Waals surface area contributed by atoms with E-state index in [9.17, 15) is 4.79 Å². The normalized spacial score (nSPS) is 10.4. The van der Waals surface area contributed by atoms with E-state index in [1.165, 1.54) is 5.56 Å². The Morgan fingerprint density at radius 1 is 1.12 bits per heavy atom. The van der Waals surface area contributed by atoms with Gasteiger partial charge < -0.3 is 10.6 Å². The Kier molecular flexibility index (Phi) is 4.51. The highest BCUT2D eigenvalue weighted by Crippen LogP contribution is 2.14. The van der Waals surface area contributed by atoms with Crippen molar-refractivity contribution in [3.8, 4) is 5.69 Å². The molecule has 3 aromatic rings. The molecule has 0 unspecified atom stereocenters. The zero-order valence-electron chi connectivity index (χ0n) is 13.5. The second-order valence-corrected chi connectivity index (χ2v) is 5.47. The number of anilines is 1. The number of aromatic nitrogens is 4. The number of hydrogen-bond donors (Lipinski definition) is 2. The maximum Gasteiger partial charge on any atom is 0.319 e. The van der Waals surface area contributed by atoms with Crippen molar-refractivity contribution in [3.05, 3.63) is 65.7 Å². The van der Waals surface area contributed by atoms with Crippen molar-refractivity contribution in [1.82, 2.24) is 25.3 Å². The molecule has 122 valence electrons. The fourth-order valence-corrected chi connectivity index (χ4v) is 2.17. The van der Waals surface area contributed by atoms with Gasteiger partial charge in [0.2, 0.25) is 0 Å². The molecule has 0 aliphatic rings. The predicted octanol–water partition coefficient (Wildman–Crippen LogP) is 2.60. The molecule has 2 aromatic heterocycles. The van der Waals surface area contributed by atoms with Gasteiger partial charge in [0, 0.05) is 18.1 Å². The second kappa shape index (κ2) is 6.91. The fourth-order valence-electron chi connectivity index (χ4n) is 2.17. The number of pyridine rings is 1. The molecule has 2 heterocycles. The van der Waals surface area contributed by atoms with Crippen LogP contribution in [0.4, 0.5) is 10.5 Å². The summed E-state index contributed by atoms with van der Waals surface area (Å²) in [4.78, 5) is 15.9. The molecule has 0 radical (unpaired) electrons. The first-order chi connectivity index (χ1) is 11.6. The first kappa shape index (κ1) is 15.7. The van der Waals surface area contributed by atoms with Gasteiger partial charge in [-0.25, -0.2) is 9.48 Å². The molecule has 1 aromatic carbocycles. The minimum atomic E-state index is -0.281. The molecular formula is C17H18N6O. The summed E-state index contributed by atoms with van der Waals surface area (Å²) in [6.45, 7) is 4.34. The molecule has 2 amide bonds. The van der Waals surface area contributed by atoms with Crippen molar-refractivity contribution in [2.24, 2.45) is 0 Å². The van der Waals surface area contributed by atoms with Gasteiger partial charge in [-0.1, -0.05) is 11.3 Å². The summed E-state index contributed by atoms with van der Waals surface area (Å²) in [5.41, 5.74) is 4.61. The van der Waals surface area contributed by atoms with Crippen LogP contribution in [0, 0.1) is 13.8 Å². The molecule has 0 saturated carbocycles. The molecule has 0 atom stereocenters. The van der Waals surface area contributed by atoms with Gasteiger partial charge in [-0.15, -0.1) is 5.10 Å². The van der Waals surface area contributed by atoms with E-state index in [0.717, 1.165) is 16.9 Å². The van der Waals surface area contributed by atoms with Crippen LogP contribution >= 0.6 is 0 Å². The van der Waals surface area contributed by atoms with E-state index in [4.69, 9.17) is 0 Å². The Hall–Kier alpha value is -3.22. The molecule has 0 aliphatic heterocycles. The number of nitrogens with zero attached hydrogens (tertiary/aromatic N) is 4. The minimum Gasteiger partial charge on any atom is -0.332 e. The van der Waals surface area contributed by atoms with Crippen LogP contribution in [-0.2, 0) is 6.54 Å². The number of rotatable bonds is 4. The second-order valence-electron chi connectivity index (χ2n) is 5.47. The number of amides is 2. The van der Waals surface area contributed by atoms with Crippen LogP contribution in [0.15, 0.2) is 48.9 Å². The molecule has 7 nitrogen and oxygen atoms in total. The quantitative estimate of drug-likeness (QED) is 0.773. The monoisotopic (exact) mass is 322 g/mol. The van der Waals surface area contributed by atoms with Gasteiger partial charge in [-0.05, 0) is 49.2 Å². The maximum absolute atomic E-state index is 12.0. The molecule has 0 spiro atoms. The third-order valence-electron chi connectivity index (χ3n) is 3.66. The van der Waals surface area contributed by atoms with Gasteiger partial charge in [-0.2, -0.15) is 0 Å². The molecule has 24 heavy (non-hydrogen) atoms. The summed E-state index contributed by atoms with van der Waals surface area (Å²) in [7, 11) is 0. The molecular weight excluding hydrogens is 304 g/mol. The Labute approximate surface area is 139 Å². The molecule has 0 aliphatic carbocycles. The number of nitrogens with one attached hydrogen (secondary N) is 2. The minimum absolute atomic E-state index is 0.281.